The Balaban J connectivity index is -0.000000572. The number of aliphatic carboxylic acids is 1. The number of benzene rings is 2. The van der Waals surface area contributed by atoms with Crippen molar-refractivity contribution in [3.8, 4) is 0 Å². The van der Waals surface area contributed by atoms with Crippen LogP contribution in [0.15, 0.2) is 60.7 Å². The molecule has 2 rings (SSSR count). The van der Waals surface area contributed by atoms with Gasteiger partial charge in [0, 0.05) is 19.4 Å². The zero-order valence-electron chi connectivity index (χ0n) is 25.5. The molecule has 9 heteroatoms. The van der Waals surface area contributed by atoms with E-state index in [0.29, 0.717) is 26.1 Å². The molecule has 0 saturated heterocycles. The van der Waals surface area contributed by atoms with Gasteiger partial charge in [0.25, 0.3) is 0 Å². The number of halogens is 2. The molecule has 0 fully saturated rings. The van der Waals surface area contributed by atoms with Crippen LogP contribution in [-0.2, 0) is 27.2 Å². The van der Waals surface area contributed by atoms with Crippen LogP contribution < -0.4 is 12.3 Å². The van der Waals surface area contributed by atoms with E-state index in [2.05, 4.69) is 13.8 Å². The summed E-state index contributed by atoms with van der Waals surface area (Å²) in [6.45, 7) is 8.37. The molecule has 236 valence electrons. The number of ether oxygens (including phenoxy) is 1. The molecule has 2 aromatic rings. The van der Waals surface area contributed by atoms with Gasteiger partial charge in [-0.25, -0.2) is 0 Å². The van der Waals surface area contributed by atoms with Crippen LogP contribution in [0.3, 0.4) is 0 Å². The molecule has 0 aliphatic heterocycles. The number of carboxylic acids is 1. The summed E-state index contributed by atoms with van der Waals surface area (Å²) in [5.41, 5.74) is 1.98. The van der Waals surface area contributed by atoms with E-state index in [4.69, 9.17) is 38.2 Å². The number of esters is 1. The molecular formula is C32H54Cl2N2O5. The van der Waals surface area contributed by atoms with Gasteiger partial charge in [-0.15, -0.1) is 23.2 Å². The first kappa shape index (κ1) is 43.3. The van der Waals surface area contributed by atoms with Crippen LogP contribution in [0.1, 0.15) is 90.2 Å². The maximum atomic E-state index is 11.9. The zero-order chi connectivity index (χ0) is 29.6. The second-order valence-corrected chi connectivity index (χ2v) is 11.7. The molecule has 0 heterocycles. The first-order chi connectivity index (χ1) is 18.5. The number of carbonyl (C=O) groups is 2. The molecule has 0 bridgehead atoms. The topological polar surface area (TPSA) is 154 Å². The minimum absolute atomic E-state index is 0. The monoisotopic (exact) mass is 616 g/mol. The average Bonchev–Trinajstić information content (AvgIpc) is 2.90. The molecule has 0 spiro atoms. The lowest BCUT2D eigenvalue weighted by Crippen LogP contribution is -2.33. The van der Waals surface area contributed by atoms with Crippen molar-refractivity contribution in [2.24, 2.45) is 0 Å². The van der Waals surface area contributed by atoms with Gasteiger partial charge in [0.05, 0.1) is 6.61 Å². The lowest BCUT2D eigenvalue weighted by atomic mass is 10.0. The number of rotatable bonds is 15. The number of aliphatic hydroxyl groups is 1. The third kappa shape index (κ3) is 22.2. The molecule has 0 aliphatic carbocycles. The molecule has 0 saturated carbocycles. The summed E-state index contributed by atoms with van der Waals surface area (Å²) in [6.07, 6.45) is 9.88. The smallest absolute Gasteiger partial charge is 0.327 e. The Kier molecular flexibility index (Phi) is 27.0. The SMILES string of the molecule is CCCCCCO.CCCCCCOC(=O)[C@@](C)(Cl)Cc1ccccc1.C[C@](Cl)(Cc1ccccc1)C(=O)O.N.N. The molecule has 8 N–H and O–H groups in total. The van der Waals surface area contributed by atoms with Gasteiger partial charge in [0.15, 0.2) is 0 Å². The Labute approximate surface area is 258 Å². The molecule has 2 atom stereocenters. The van der Waals surface area contributed by atoms with Gasteiger partial charge < -0.3 is 27.3 Å². The highest BCUT2D eigenvalue weighted by Crippen LogP contribution is 2.23. The van der Waals surface area contributed by atoms with Crippen LogP contribution in [0.5, 0.6) is 0 Å². The predicted molar refractivity (Wildman–Crippen MR) is 173 cm³/mol. The molecular weight excluding hydrogens is 563 g/mol. The molecule has 7 nitrogen and oxygen atoms in total. The van der Waals surface area contributed by atoms with Crippen LogP contribution in [0.25, 0.3) is 0 Å². The quantitative estimate of drug-likeness (QED) is 0.0887. The van der Waals surface area contributed by atoms with E-state index in [1.165, 1.54) is 39.0 Å². The lowest BCUT2D eigenvalue weighted by Gasteiger charge is -2.20. The second-order valence-electron chi connectivity index (χ2n) is 10.0. The molecule has 0 aliphatic rings. The average molecular weight is 618 g/mol. The minimum atomic E-state index is -1.21. The molecule has 0 radical (unpaired) electrons. The molecule has 2 aromatic carbocycles. The summed E-state index contributed by atoms with van der Waals surface area (Å²) in [7, 11) is 0. The highest BCUT2D eigenvalue weighted by molar-refractivity contribution is 6.34. The second kappa shape index (κ2) is 25.5. The van der Waals surface area contributed by atoms with E-state index < -0.39 is 15.7 Å². The van der Waals surface area contributed by atoms with Gasteiger partial charge in [-0.05, 0) is 37.8 Å². The van der Waals surface area contributed by atoms with E-state index >= 15 is 0 Å². The van der Waals surface area contributed by atoms with Crippen LogP contribution in [0.4, 0.5) is 0 Å². The van der Waals surface area contributed by atoms with E-state index in [0.717, 1.165) is 30.4 Å². The van der Waals surface area contributed by atoms with Crippen molar-refractivity contribution in [2.75, 3.05) is 13.2 Å². The Hall–Kier alpha value is -2.16. The van der Waals surface area contributed by atoms with Crippen LogP contribution in [0.2, 0.25) is 0 Å². The van der Waals surface area contributed by atoms with E-state index in [1.54, 1.807) is 6.92 Å². The number of hydrogen-bond acceptors (Lipinski definition) is 6. The van der Waals surface area contributed by atoms with Crippen molar-refractivity contribution in [3.63, 3.8) is 0 Å². The Morgan fingerprint density at radius 2 is 1.12 bits per heavy atom. The Morgan fingerprint density at radius 3 is 1.51 bits per heavy atom. The Morgan fingerprint density at radius 1 is 0.707 bits per heavy atom. The molecule has 0 amide bonds. The zero-order valence-corrected chi connectivity index (χ0v) is 27.1. The van der Waals surface area contributed by atoms with Crippen molar-refractivity contribution in [2.45, 2.75) is 102 Å². The third-order valence-electron chi connectivity index (χ3n) is 5.87. The first-order valence-corrected chi connectivity index (χ1v) is 14.7. The predicted octanol–water partition coefficient (Wildman–Crippen LogP) is 8.54. The minimum Gasteiger partial charge on any atom is -0.480 e. The molecule has 0 unspecified atom stereocenters. The van der Waals surface area contributed by atoms with Crippen molar-refractivity contribution in [1.82, 2.24) is 12.3 Å². The first-order valence-electron chi connectivity index (χ1n) is 14.0. The molecule has 0 aromatic heterocycles. The van der Waals surface area contributed by atoms with E-state index in [1.807, 2.05) is 60.7 Å². The summed E-state index contributed by atoms with van der Waals surface area (Å²) < 4.78 is 5.25. The highest BCUT2D eigenvalue weighted by atomic mass is 35.5. The normalized spacial score (nSPS) is 12.8. The highest BCUT2D eigenvalue weighted by Gasteiger charge is 2.32. The van der Waals surface area contributed by atoms with Crippen molar-refractivity contribution in [3.05, 3.63) is 71.8 Å². The number of hydrogen-bond donors (Lipinski definition) is 4. The summed E-state index contributed by atoms with van der Waals surface area (Å²) >= 11 is 12.1. The number of alkyl halides is 2. The van der Waals surface area contributed by atoms with Gasteiger partial charge in [-0.2, -0.15) is 0 Å². The number of unbranched alkanes of at least 4 members (excludes halogenated alkanes) is 6. The summed E-state index contributed by atoms with van der Waals surface area (Å²) in [5.74, 6) is -1.31. The van der Waals surface area contributed by atoms with E-state index in [9.17, 15) is 9.59 Å². The van der Waals surface area contributed by atoms with Gasteiger partial charge in [-0.3, -0.25) is 9.59 Å². The third-order valence-corrected chi connectivity index (χ3v) is 6.46. The lowest BCUT2D eigenvalue weighted by molar-refractivity contribution is -0.146. The standard InChI is InChI=1S/C16H23ClO2.C10H11ClO2.C6H14O.2H3N/c1-3-4-5-9-12-19-15(18)16(2,17)13-14-10-7-6-8-11-14;1-10(11,9(12)13)7-8-5-3-2-4-6-8;1-2-3-4-5-6-7;;/h6-8,10-11H,3-5,9,12-13H2,1-2H3;2-6H,7H2,1H3,(H,12,13);7H,2-6H2,1H3;2*1H3/t16-;10-;;;/m00.../s1. The molecule has 41 heavy (non-hydrogen) atoms. The number of carboxylic acid groups (broad SMARTS) is 1. The fourth-order valence-electron chi connectivity index (χ4n) is 3.49. The summed E-state index contributed by atoms with van der Waals surface area (Å²) in [5, 5.41) is 17.1. The van der Waals surface area contributed by atoms with Crippen LogP contribution in [-0.4, -0.2) is 45.1 Å². The van der Waals surface area contributed by atoms with Crippen LogP contribution in [0, 0.1) is 0 Å². The maximum absolute atomic E-state index is 11.9. The van der Waals surface area contributed by atoms with Crippen LogP contribution >= 0.6 is 23.2 Å². The van der Waals surface area contributed by atoms with Gasteiger partial charge in [0.1, 0.15) is 9.75 Å². The summed E-state index contributed by atoms with van der Waals surface area (Å²) in [6, 6.07) is 19.1. The summed E-state index contributed by atoms with van der Waals surface area (Å²) in [4.78, 5) is 20.5. The number of carbonyl (C=O) groups excluding carboxylic acids is 1. The maximum Gasteiger partial charge on any atom is 0.327 e. The fraction of sp³-hybridized carbons (Fsp3) is 0.562. The number of aliphatic hydroxyl groups excluding tert-OH is 1. The van der Waals surface area contributed by atoms with Crippen molar-refractivity contribution in [1.29, 1.82) is 0 Å². The Bertz CT molecular complexity index is 893. The van der Waals surface area contributed by atoms with Gasteiger partial charge >= 0.3 is 11.9 Å². The van der Waals surface area contributed by atoms with Crippen molar-refractivity contribution >= 4 is 35.1 Å². The van der Waals surface area contributed by atoms with Gasteiger partial charge in [0.2, 0.25) is 0 Å². The van der Waals surface area contributed by atoms with Gasteiger partial charge in [-0.1, -0.05) is 113 Å². The largest absolute Gasteiger partial charge is 0.480 e. The fourth-order valence-corrected chi connectivity index (χ4v) is 3.85. The van der Waals surface area contributed by atoms with Crippen molar-refractivity contribution < 1.29 is 24.5 Å². The van der Waals surface area contributed by atoms with E-state index in [-0.39, 0.29) is 18.3 Å².